The first kappa shape index (κ1) is 21.4. The third kappa shape index (κ3) is 3.92. The number of hydrogen-bond donors (Lipinski definition) is 1. The molecule has 1 saturated carbocycles. The predicted octanol–water partition coefficient (Wildman–Crippen LogP) is 3.53. The Balaban J connectivity index is 1.65. The third-order valence-electron chi connectivity index (χ3n) is 6.44. The first-order chi connectivity index (χ1) is 15.0. The first-order valence-electron chi connectivity index (χ1n) is 11.2. The molecule has 2 aliphatic rings. The Morgan fingerprint density at radius 2 is 2.13 bits per heavy atom. The van der Waals surface area contributed by atoms with Crippen LogP contribution in [0.25, 0.3) is 0 Å². The van der Waals surface area contributed by atoms with Crippen LogP contribution in [0.5, 0.6) is 0 Å². The molecule has 1 amide bonds. The fourth-order valence-corrected chi connectivity index (χ4v) is 4.63. The van der Waals surface area contributed by atoms with Crippen LogP contribution in [0.4, 0.5) is 5.82 Å². The van der Waals surface area contributed by atoms with E-state index in [4.69, 9.17) is 9.40 Å². The largest absolute Gasteiger partial charge is 0.469 e. The van der Waals surface area contributed by atoms with Crippen LogP contribution >= 0.6 is 0 Å². The molecule has 31 heavy (non-hydrogen) atoms. The van der Waals surface area contributed by atoms with Crippen molar-refractivity contribution in [2.24, 2.45) is 0 Å². The normalized spacial score (nSPS) is 18.9. The second kappa shape index (κ2) is 8.72. The zero-order chi connectivity index (χ0) is 22.1. The summed E-state index contributed by atoms with van der Waals surface area (Å²) in [6, 6.07) is 4.07. The summed E-state index contributed by atoms with van der Waals surface area (Å²) in [5, 5.41) is 20.1. The quantitative estimate of drug-likeness (QED) is 0.765. The first-order valence-corrected chi connectivity index (χ1v) is 11.2. The van der Waals surface area contributed by atoms with Crippen LogP contribution in [-0.4, -0.2) is 46.6 Å². The molecule has 1 N–H and O–H groups in total. The summed E-state index contributed by atoms with van der Waals surface area (Å²) in [7, 11) is 0. The number of piperazine rings is 1. The second-order valence-electron chi connectivity index (χ2n) is 8.63. The topological polar surface area (TPSA) is 93.6 Å². The highest BCUT2D eigenvalue weighted by Crippen LogP contribution is 2.43. The molecule has 2 aromatic rings. The van der Waals surface area contributed by atoms with Crippen LogP contribution in [-0.2, 0) is 13.0 Å². The molecule has 1 atom stereocenters. The number of pyridine rings is 1. The zero-order valence-corrected chi connectivity index (χ0v) is 18.5. The monoisotopic (exact) mass is 422 g/mol. The van der Waals surface area contributed by atoms with Crippen molar-refractivity contribution in [2.75, 3.05) is 24.5 Å². The summed E-state index contributed by atoms with van der Waals surface area (Å²) in [4.78, 5) is 21.9. The van der Waals surface area contributed by atoms with Crippen LogP contribution < -0.4 is 4.90 Å². The Morgan fingerprint density at radius 1 is 1.35 bits per heavy atom. The smallest absolute Gasteiger partial charge is 0.257 e. The van der Waals surface area contributed by atoms with Gasteiger partial charge in [0.15, 0.2) is 0 Å². The van der Waals surface area contributed by atoms with Crippen molar-refractivity contribution in [1.82, 2.24) is 9.88 Å². The minimum atomic E-state index is -0.0775. The average molecular weight is 423 g/mol. The van der Waals surface area contributed by atoms with Gasteiger partial charge in [-0.15, -0.1) is 0 Å². The highest BCUT2D eigenvalue weighted by Gasteiger charge is 2.35. The summed E-state index contributed by atoms with van der Waals surface area (Å²) < 4.78 is 5.31. The fraction of sp³-hybridized carbons (Fsp3) is 0.542. The van der Waals surface area contributed by atoms with Crippen LogP contribution in [0, 0.1) is 18.3 Å². The molecule has 2 aromatic heterocycles. The van der Waals surface area contributed by atoms with Crippen molar-refractivity contribution in [3.8, 4) is 6.07 Å². The number of carbonyl (C=O) groups is 1. The van der Waals surface area contributed by atoms with Gasteiger partial charge in [0.1, 0.15) is 17.6 Å². The Hall–Kier alpha value is -2.85. The van der Waals surface area contributed by atoms with E-state index in [-0.39, 0.29) is 18.6 Å². The van der Waals surface area contributed by atoms with Gasteiger partial charge in [-0.05, 0) is 44.7 Å². The molecule has 0 radical (unpaired) electrons. The Kier molecular flexibility index (Phi) is 6.01. The molecule has 0 spiro atoms. The van der Waals surface area contributed by atoms with Gasteiger partial charge in [0.25, 0.3) is 5.91 Å². The summed E-state index contributed by atoms with van der Waals surface area (Å²) in [5.41, 5.74) is 3.93. The van der Waals surface area contributed by atoms with Crippen molar-refractivity contribution in [3.05, 3.63) is 46.0 Å². The number of carbonyl (C=O) groups excluding carboxylic acids is 1. The van der Waals surface area contributed by atoms with E-state index in [1.54, 1.807) is 19.3 Å². The van der Waals surface area contributed by atoms with E-state index in [0.29, 0.717) is 48.3 Å². The van der Waals surface area contributed by atoms with Gasteiger partial charge in [-0.3, -0.25) is 4.79 Å². The molecule has 0 unspecified atom stereocenters. The van der Waals surface area contributed by atoms with Gasteiger partial charge in [-0.25, -0.2) is 4.98 Å². The molecule has 7 heteroatoms. The van der Waals surface area contributed by atoms with E-state index in [1.807, 2.05) is 11.8 Å². The van der Waals surface area contributed by atoms with Gasteiger partial charge >= 0.3 is 0 Å². The number of amides is 1. The van der Waals surface area contributed by atoms with E-state index in [9.17, 15) is 15.2 Å². The number of aliphatic hydroxyl groups excluding tert-OH is 1. The summed E-state index contributed by atoms with van der Waals surface area (Å²) >= 11 is 0. The maximum absolute atomic E-state index is 13.0. The molecule has 0 bridgehead atoms. The van der Waals surface area contributed by atoms with Crippen LogP contribution in [0.1, 0.15) is 77.5 Å². The second-order valence-corrected chi connectivity index (χ2v) is 8.63. The lowest BCUT2D eigenvalue weighted by atomic mass is 9.95. The maximum Gasteiger partial charge on any atom is 0.257 e. The third-order valence-corrected chi connectivity index (χ3v) is 6.44. The lowest BCUT2D eigenvalue weighted by molar-refractivity contribution is 0.0672. The van der Waals surface area contributed by atoms with Gasteiger partial charge in [-0.2, -0.15) is 5.26 Å². The summed E-state index contributed by atoms with van der Waals surface area (Å²) in [6.45, 7) is 7.62. The van der Waals surface area contributed by atoms with E-state index < -0.39 is 0 Å². The Labute approximate surface area is 183 Å². The van der Waals surface area contributed by atoms with E-state index in [0.717, 1.165) is 42.5 Å². The molecule has 4 rings (SSSR count). The van der Waals surface area contributed by atoms with Gasteiger partial charge < -0.3 is 19.3 Å². The van der Waals surface area contributed by atoms with Crippen molar-refractivity contribution >= 4 is 11.7 Å². The predicted molar refractivity (Wildman–Crippen MR) is 117 cm³/mol. The lowest BCUT2D eigenvalue weighted by Crippen LogP contribution is -2.54. The number of furan rings is 1. The number of nitriles is 1. The van der Waals surface area contributed by atoms with Crippen LogP contribution in [0.2, 0.25) is 0 Å². The molecule has 164 valence electrons. The zero-order valence-electron chi connectivity index (χ0n) is 18.5. The molecule has 7 nitrogen and oxygen atoms in total. The molecular formula is C24H30N4O3. The average Bonchev–Trinajstić information content (AvgIpc) is 3.52. The number of anilines is 1. The van der Waals surface area contributed by atoms with Crippen molar-refractivity contribution in [1.29, 1.82) is 5.26 Å². The van der Waals surface area contributed by atoms with Gasteiger partial charge in [-0.1, -0.05) is 13.3 Å². The van der Waals surface area contributed by atoms with Crippen LogP contribution in [0.3, 0.4) is 0 Å². The number of hydrogen-bond acceptors (Lipinski definition) is 6. The fourth-order valence-electron chi connectivity index (χ4n) is 4.63. The number of aliphatic hydroxyl groups is 1. The number of nitrogens with zero attached hydrogens (tertiary/aromatic N) is 4. The van der Waals surface area contributed by atoms with Gasteiger partial charge in [0, 0.05) is 37.2 Å². The number of aromatic nitrogens is 1. The highest BCUT2D eigenvalue weighted by molar-refractivity contribution is 5.95. The molecule has 1 aliphatic heterocycles. The molecule has 1 saturated heterocycles. The van der Waals surface area contributed by atoms with E-state index >= 15 is 0 Å². The molecule has 1 aliphatic carbocycles. The Morgan fingerprint density at radius 3 is 2.68 bits per heavy atom. The SMILES string of the molecule is CCCc1c(C#N)c(N2CCN(C(=O)c3ccoc3C)[C@H](C)C2)nc(C2CC2)c1CO. The number of rotatable bonds is 6. The van der Waals surface area contributed by atoms with Crippen molar-refractivity contribution in [2.45, 2.75) is 65.0 Å². The van der Waals surface area contributed by atoms with E-state index in [2.05, 4.69) is 17.9 Å². The molecule has 0 aromatic carbocycles. The van der Waals surface area contributed by atoms with Gasteiger partial charge in [0.05, 0.1) is 29.7 Å². The summed E-state index contributed by atoms with van der Waals surface area (Å²) in [5.74, 6) is 1.70. The minimum Gasteiger partial charge on any atom is -0.469 e. The van der Waals surface area contributed by atoms with Gasteiger partial charge in [0.2, 0.25) is 0 Å². The Bertz CT molecular complexity index is 1020. The molecule has 3 heterocycles. The van der Waals surface area contributed by atoms with Crippen LogP contribution in [0.15, 0.2) is 16.7 Å². The van der Waals surface area contributed by atoms with Crippen molar-refractivity contribution in [3.63, 3.8) is 0 Å². The molecular weight excluding hydrogens is 392 g/mol. The maximum atomic E-state index is 13.0. The summed E-state index contributed by atoms with van der Waals surface area (Å²) in [6.07, 6.45) is 5.36. The lowest BCUT2D eigenvalue weighted by Gasteiger charge is -2.41. The standard InChI is InChI=1S/C24H30N4O3/c1-4-5-19-20(12-25)23(26-22(17-6-7-17)21(19)14-29)27-9-10-28(15(2)13-27)24(30)18-8-11-31-16(18)3/h8,11,15,17,29H,4-7,9-10,13-14H2,1-3H3/t15-/m1/s1. The van der Waals surface area contributed by atoms with Crippen molar-refractivity contribution < 1.29 is 14.3 Å². The highest BCUT2D eigenvalue weighted by atomic mass is 16.3. The van der Waals surface area contributed by atoms with E-state index in [1.165, 1.54) is 0 Å². The minimum absolute atomic E-state index is 0.0205. The molecule has 2 fully saturated rings. The number of aryl methyl sites for hydroxylation is 1.